The fourth-order valence-corrected chi connectivity index (χ4v) is 5.17. The number of benzene rings is 3. The van der Waals surface area contributed by atoms with Gasteiger partial charge in [-0.3, -0.25) is 9.59 Å². The van der Waals surface area contributed by atoms with Crippen molar-refractivity contribution in [3.05, 3.63) is 95.7 Å². The Bertz CT molecular complexity index is 1750. The number of nitrogens with one attached hydrogen (secondary N) is 1. The number of carbonyl (C=O) groups excluding carboxylic acids is 2. The zero-order valence-electron chi connectivity index (χ0n) is 24.5. The molecule has 11 heteroatoms. The smallest absolute Gasteiger partial charge is 0.251 e. The number of carbonyl (C=O) groups is 2. The van der Waals surface area contributed by atoms with Crippen molar-refractivity contribution in [1.29, 1.82) is 0 Å². The number of fused-ring (bicyclic) bond motifs is 1. The summed E-state index contributed by atoms with van der Waals surface area (Å²) < 4.78 is 33.1. The van der Waals surface area contributed by atoms with Crippen molar-refractivity contribution >= 4 is 33.3 Å². The molecule has 0 aliphatic heterocycles. The highest BCUT2D eigenvalue weighted by atomic mass is 32.1. The van der Waals surface area contributed by atoms with E-state index in [4.69, 9.17) is 23.7 Å². The molecule has 1 N–H and O–H groups in total. The first-order valence-electron chi connectivity index (χ1n) is 13.7. The van der Waals surface area contributed by atoms with Crippen LogP contribution in [0.15, 0.2) is 78.9 Å². The van der Waals surface area contributed by atoms with E-state index < -0.39 is 5.91 Å². The van der Waals surface area contributed by atoms with E-state index >= 15 is 0 Å². The molecule has 44 heavy (non-hydrogen) atoms. The summed E-state index contributed by atoms with van der Waals surface area (Å²) in [5.74, 6) is 1.35. The summed E-state index contributed by atoms with van der Waals surface area (Å²) in [5.41, 5.74) is 2.63. The van der Waals surface area contributed by atoms with Crippen LogP contribution < -0.4 is 24.3 Å². The molecular weight excluding hydrogens is 582 g/mol. The first-order valence-corrected chi connectivity index (χ1v) is 14.5. The lowest BCUT2D eigenvalue weighted by atomic mass is 10.1. The van der Waals surface area contributed by atoms with Gasteiger partial charge in [0.05, 0.1) is 45.8 Å². The number of ether oxygens (including phenoxy) is 5. The van der Waals surface area contributed by atoms with Crippen molar-refractivity contribution in [2.75, 3.05) is 41.1 Å². The summed E-state index contributed by atoms with van der Waals surface area (Å²) in [6.07, 6.45) is 0. The largest absolute Gasteiger partial charge is 0.497 e. The van der Waals surface area contributed by atoms with Crippen LogP contribution in [-0.4, -0.2) is 62.1 Å². The van der Waals surface area contributed by atoms with E-state index in [0.29, 0.717) is 54.0 Å². The van der Waals surface area contributed by atoms with Crippen LogP contribution in [0.3, 0.4) is 0 Å². The van der Waals surface area contributed by atoms with E-state index in [2.05, 4.69) is 14.7 Å². The van der Waals surface area contributed by atoms with Crippen LogP contribution in [0.5, 0.6) is 23.0 Å². The number of Topliss-reactive ketones (excluding diaryl/α,β-unsaturated/α-hetero) is 1. The molecule has 0 spiro atoms. The maximum Gasteiger partial charge on any atom is 0.251 e. The molecule has 2 heterocycles. The monoisotopic (exact) mass is 613 g/mol. The number of amides is 1. The topological polar surface area (TPSA) is 118 Å². The Morgan fingerprint density at radius 1 is 0.795 bits per heavy atom. The van der Waals surface area contributed by atoms with E-state index in [0.717, 1.165) is 21.4 Å². The molecule has 2 aromatic heterocycles. The highest BCUT2D eigenvalue weighted by Crippen LogP contribution is 2.35. The second-order valence-corrected chi connectivity index (χ2v) is 10.3. The van der Waals surface area contributed by atoms with Gasteiger partial charge < -0.3 is 29.0 Å². The third-order valence-electron chi connectivity index (χ3n) is 6.71. The highest BCUT2D eigenvalue weighted by molar-refractivity contribution is 7.13. The van der Waals surface area contributed by atoms with E-state index in [1.165, 1.54) is 18.6 Å². The molecule has 0 bridgehead atoms. The fourth-order valence-electron chi connectivity index (χ4n) is 4.40. The predicted molar refractivity (Wildman–Crippen MR) is 167 cm³/mol. The second-order valence-electron chi connectivity index (χ2n) is 9.50. The molecule has 1 amide bonds. The van der Waals surface area contributed by atoms with Crippen LogP contribution in [-0.2, 0) is 11.3 Å². The van der Waals surface area contributed by atoms with Gasteiger partial charge in [-0.2, -0.15) is 4.37 Å². The average molecular weight is 614 g/mol. The van der Waals surface area contributed by atoms with Crippen molar-refractivity contribution in [2.24, 2.45) is 0 Å². The van der Waals surface area contributed by atoms with E-state index in [1.54, 1.807) is 44.6 Å². The quantitative estimate of drug-likeness (QED) is 0.126. The van der Waals surface area contributed by atoms with Crippen molar-refractivity contribution in [2.45, 2.75) is 6.61 Å². The van der Waals surface area contributed by atoms with Crippen LogP contribution >= 0.6 is 11.5 Å². The van der Waals surface area contributed by atoms with Crippen molar-refractivity contribution < 1.29 is 33.3 Å². The number of rotatable bonds is 14. The van der Waals surface area contributed by atoms with Crippen molar-refractivity contribution in [3.63, 3.8) is 0 Å². The maximum atomic E-state index is 13.0. The number of ketones is 1. The molecule has 0 saturated carbocycles. The number of hydrogen-bond donors (Lipinski definition) is 1. The first-order chi connectivity index (χ1) is 21.5. The Labute approximate surface area is 258 Å². The summed E-state index contributed by atoms with van der Waals surface area (Å²) in [6, 6.07) is 23.5. The van der Waals surface area contributed by atoms with Gasteiger partial charge in [-0.1, -0.05) is 30.3 Å². The zero-order valence-corrected chi connectivity index (χ0v) is 25.3. The van der Waals surface area contributed by atoms with E-state index in [9.17, 15) is 9.59 Å². The minimum atomic E-state index is -0.440. The number of nitrogens with zero attached hydrogens (tertiary/aromatic N) is 2. The lowest BCUT2D eigenvalue weighted by Gasteiger charge is -2.13. The van der Waals surface area contributed by atoms with Crippen LogP contribution in [0.25, 0.3) is 21.5 Å². The standard InChI is InChI=1S/C33H31N3O7S/c1-39-23-11-8-21(9-12-23)20-42-16-17-43-27-14-10-22(18-29(27)41-3)33(38)34-19-26(37)25-13-15-28(40-2)32(35-25)31-24-6-4-5-7-30(24)44-36-31/h4-15,18H,16-17,19-20H2,1-3H3,(H,34,38). The lowest BCUT2D eigenvalue weighted by Crippen LogP contribution is -2.30. The molecule has 0 aliphatic rings. The van der Waals surface area contributed by atoms with Gasteiger partial charge in [0, 0.05) is 10.9 Å². The van der Waals surface area contributed by atoms with Gasteiger partial charge in [-0.05, 0) is 65.6 Å². The Morgan fingerprint density at radius 2 is 1.57 bits per heavy atom. The van der Waals surface area contributed by atoms with Crippen LogP contribution in [0.1, 0.15) is 26.4 Å². The van der Waals surface area contributed by atoms with Gasteiger partial charge >= 0.3 is 0 Å². The minimum absolute atomic E-state index is 0.189. The molecule has 0 atom stereocenters. The van der Waals surface area contributed by atoms with Gasteiger partial charge in [0.15, 0.2) is 17.3 Å². The summed E-state index contributed by atoms with van der Waals surface area (Å²) in [7, 11) is 4.66. The van der Waals surface area contributed by atoms with Crippen LogP contribution in [0.2, 0.25) is 0 Å². The Morgan fingerprint density at radius 3 is 2.34 bits per heavy atom. The third kappa shape index (κ3) is 7.13. The van der Waals surface area contributed by atoms with Crippen molar-refractivity contribution in [1.82, 2.24) is 14.7 Å². The highest BCUT2D eigenvalue weighted by Gasteiger charge is 2.19. The number of hydrogen-bond acceptors (Lipinski definition) is 10. The van der Waals surface area contributed by atoms with Crippen LogP contribution in [0.4, 0.5) is 0 Å². The molecule has 5 rings (SSSR count). The maximum absolute atomic E-state index is 13.0. The van der Waals surface area contributed by atoms with Gasteiger partial charge in [0.25, 0.3) is 5.91 Å². The molecular formula is C33H31N3O7S. The summed E-state index contributed by atoms with van der Waals surface area (Å²) >= 11 is 1.35. The molecule has 5 aromatic rings. The van der Waals surface area contributed by atoms with Crippen LogP contribution in [0, 0.1) is 0 Å². The molecule has 0 unspecified atom stereocenters. The fraction of sp³-hybridized carbons (Fsp3) is 0.212. The van der Waals surface area contributed by atoms with Gasteiger partial charge in [0.2, 0.25) is 0 Å². The number of methoxy groups -OCH3 is 3. The SMILES string of the molecule is COc1ccc(COCCOc2ccc(C(=O)NCC(=O)c3ccc(OC)c(-c4nsc5ccccc45)n3)cc2OC)cc1. The summed E-state index contributed by atoms with van der Waals surface area (Å²) in [4.78, 5) is 30.5. The summed E-state index contributed by atoms with van der Waals surface area (Å²) in [6.45, 7) is 0.846. The normalized spacial score (nSPS) is 10.8. The summed E-state index contributed by atoms with van der Waals surface area (Å²) in [5, 5.41) is 3.59. The third-order valence-corrected chi connectivity index (χ3v) is 7.54. The van der Waals surface area contributed by atoms with Gasteiger partial charge in [-0.25, -0.2) is 4.98 Å². The van der Waals surface area contributed by atoms with Gasteiger partial charge in [-0.15, -0.1) is 0 Å². The Balaban J connectivity index is 1.16. The molecule has 226 valence electrons. The Kier molecular flexibility index (Phi) is 10.0. The predicted octanol–water partition coefficient (Wildman–Crippen LogP) is 5.59. The van der Waals surface area contributed by atoms with E-state index in [-0.39, 0.29) is 18.0 Å². The zero-order chi connectivity index (χ0) is 30.9. The molecule has 10 nitrogen and oxygen atoms in total. The molecule has 0 saturated heterocycles. The second kappa shape index (κ2) is 14.5. The van der Waals surface area contributed by atoms with Crippen molar-refractivity contribution in [3.8, 4) is 34.4 Å². The number of aromatic nitrogens is 2. The average Bonchev–Trinajstić information content (AvgIpc) is 3.51. The first kappa shape index (κ1) is 30.5. The van der Waals surface area contributed by atoms with E-state index in [1.807, 2.05) is 48.5 Å². The molecule has 0 aliphatic carbocycles. The Hall–Kier alpha value is -5.00. The molecule has 0 fully saturated rings. The molecule has 0 radical (unpaired) electrons. The molecule has 3 aromatic carbocycles. The van der Waals surface area contributed by atoms with Gasteiger partial charge in [0.1, 0.15) is 35.2 Å². The number of pyridine rings is 1. The minimum Gasteiger partial charge on any atom is -0.497 e. The lowest BCUT2D eigenvalue weighted by molar-refractivity contribution is 0.0877.